The van der Waals surface area contributed by atoms with Crippen LogP contribution in [0.1, 0.15) is 86.5 Å². The molecule has 0 spiro atoms. The van der Waals surface area contributed by atoms with E-state index in [0.717, 1.165) is 23.8 Å². The molecule has 0 aromatic rings. The molecular formula is C19H39N. The van der Waals surface area contributed by atoms with E-state index in [9.17, 15) is 0 Å². The van der Waals surface area contributed by atoms with Gasteiger partial charge in [0.1, 0.15) is 0 Å². The minimum absolute atomic E-state index is 0.467. The van der Waals surface area contributed by atoms with Crippen LogP contribution in [0.3, 0.4) is 0 Å². The highest BCUT2D eigenvalue weighted by atomic mass is 14.9. The van der Waals surface area contributed by atoms with Crippen LogP contribution in [-0.2, 0) is 0 Å². The maximum absolute atomic E-state index is 3.88. The van der Waals surface area contributed by atoms with E-state index in [1.54, 1.807) is 0 Å². The first-order valence-electron chi connectivity index (χ1n) is 9.05. The largest absolute Gasteiger partial charge is 0.314 e. The van der Waals surface area contributed by atoms with Crippen molar-refractivity contribution in [1.82, 2.24) is 5.32 Å². The van der Waals surface area contributed by atoms with Crippen LogP contribution in [0.15, 0.2) is 0 Å². The molecule has 1 aliphatic carbocycles. The van der Waals surface area contributed by atoms with Gasteiger partial charge in [0.05, 0.1) is 0 Å². The number of rotatable bonds is 7. The lowest BCUT2D eigenvalue weighted by molar-refractivity contribution is 0.186. The zero-order valence-electron chi connectivity index (χ0n) is 15.0. The molecule has 120 valence electrons. The summed E-state index contributed by atoms with van der Waals surface area (Å²) in [5.74, 6) is 2.70. The number of nitrogens with one attached hydrogen (secondary N) is 1. The Kier molecular flexibility index (Phi) is 7.58. The van der Waals surface area contributed by atoms with Gasteiger partial charge in [0.25, 0.3) is 0 Å². The zero-order chi connectivity index (χ0) is 15.2. The van der Waals surface area contributed by atoms with Gasteiger partial charge < -0.3 is 5.32 Å². The van der Waals surface area contributed by atoms with Gasteiger partial charge in [-0.05, 0) is 61.8 Å². The summed E-state index contributed by atoms with van der Waals surface area (Å²) in [6.45, 7) is 15.5. The second-order valence-corrected chi connectivity index (χ2v) is 8.70. The fourth-order valence-corrected chi connectivity index (χ4v) is 4.18. The molecule has 1 N–H and O–H groups in total. The van der Waals surface area contributed by atoms with Crippen LogP contribution in [0.4, 0.5) is 0 Å². The second kappa shape index (κ2) is 8.41. The van der Waals surface area contributed by atoms with Crippen molar-refractivity contribution in [1.29, 1.82) is 0 Å². The van der Waals surface area contributed by atoms with Crippen molar-refractivity contribution in [3.8, 4) is 0 Å². The minimum atomic E-state index is 0.467. The van der Waals surface area contributed by atoms with Crippen molar-refractivity contribution in [2.24, 2.45) is 23.2 Å². The van der Waals surface area contributed by atoms with Crippen molar-refractivity contribution < 1.29 is 0 Å². The molecule has 1 nitrogen and oxygen atoms in total. The Bertz CT molecular complexity index is 253. The van der Waals surface area contributed by atoms with Gasteiger partial charge in [0.15, 0.2) is 0 Å². The topological polar surface area (TPSA) is 12.0 Å². The average molecular weight is 282 g/mol. The van der Waals surface area contributed by atoms with Crippen LogP contribution in [0.25, 0.3) is 0 Å². The summed E-state index contributed by atoms with van der Waals surface area (Å²) >= 11 is 0. The molecule has 1 aliphatic rings. The summed E-state index contributed by atoms with van der Waals surface area (Å²) in [5, 5.41) is 3.88. The lowest BCUT2D eigenvalue weighted by Gasteiger charge is -2.36. The Morgan fingerprint density at radius 1 is 1.20 bits per heavy atom. The maximum Gasteiger partial charge on any atom is 0.00979 e. The van der Waals surface area contributed by atoms with Crippen LogP contribution < -0.4 is 5.32 Å². The Balaban J connectivity index is 2.54. The van der Waals surface area contributed by atoms with Crippen molar-refractivity contribution in [2.75, 3.05) is 6.54 Å². The third-order valence-electron chi connectivity index (χ3n) is 4.82. The summed E-state index contributed by atoms with van der Waals surface area (Å²) in [5.41, 5.74) is 0.467. The van der Waals surface area contributed by atoms with E-state index in [0.29, 0.717) is 5.41 Å². The zero-order valence-corrected chi connectivity index (χ0v) is 15.0. The molecule has 0 aliphatic heterocycles. The van der Waals surface area contributed by atoms with Crippen molar-refractivity contribution in [3.63, 3.8) is 0 Å². The molecule has 0 saturated heterocycles. The normalized spacial score (nSPS) is 27.3. The Labute approximate surface area is 128 Å². The van der Waals surface area contributed by atoms with E-state index in [-0.39, 0.29) is 0 Å². The monoisotopic (exact) mass is 281 g/mol. The summed E-state index contributed by atoms with van der Waals surface area (Å²) in [6.07, 6.45) is 9.77. The van der Waals surface area contributed by atoms with Crippen molar-refractivity contribution in [3.05, 3.63) is 0 Å². The molecule has 0 aromatic heterocycles. The van der Waals surface area contributed by atoms with E-state index in [4.69, 9.17) is 0 Å². The molecule has 4 unspecified atom stereocenters. The lowest BCUT2D eigenvalue weighted by atomic mass is 9.74. The highest BCUT2D eigenvalue weighted by Gasteiger charge is 2.28. The first-order valence-corrected chi connectivity index (χ1v) is 9.05. The molecule has 1 heteroatoms. The fourth-order valence-electron chi connectivity index (χ4n) is 4.18. The van der Waals surface area contributed by atoms with E-state index in [1.165, 1.54) is 51.5 Å². The third kappa shape index (κ3) is 7.11. The average Bonchev–Trinajstić information content (AvgIpc) is 2.32. The van der Waals surface area contributed by atoms with E-state index in [2.05, 4.69) is 46.9 Å². The highest BCUT2D eigenvalue weighted by molar-refractivity contribution is 4.83. The lowest BCUT2D eigenvalue weighted by Crippen LogP contribution is -2.40. The Morgan fingerprint density at radius 2 is 1.90 bits per heavy atom. The molecular weight excluding hydrogens is 242 g/mol. The van der Waals surface area contributed by atoms with Crippen molar-refractivity contribution >= 4 is 0 Å². The Hall–Kier alpha value is -0.0400. The molecule has 0 amide bonds. The van der Waals surface area contributed by atoms with Crippen LogP contribution in [0.2, 0.25) is 0 Å². The summed E-state index contributed by atoms with van der Waals surface area (Å²) in [4.78, 5) is 0. The van der Waals surface area contributed by atoms with Gasteiger partial charge in [-0.25, -0.2) is 0 Å². The van der Waals surface area contributed by atoms with Gasteiger partial charge >= 0.3 is 0 Å². The second-order valence-electron chi connectivity index (χ2n) is 8.70. The molecule has 0 bridgehead atoms. The molecule has 1 saturated carbocycles. The first kappa shape index (κ1) is 18.0. The SMILES string of the molecule is CCCNC(CC(C)CC(C)(C)C)C1CCCC(C)C1. The fraction of sp³-hybridized carbons (Fsp3) is 1.00. The molecule has 0 aromatic carbocycles. The van der Waals surface area contributed by atoms with Gasteiger partial charge in [-0.1, -0.05) is 54.4 Å². The predicted octanol–water partition coefficient (Wildman–Crippen LogP) is 5.64. The summed E-state index contributed by atoms with van der Waals surface area (Å²) < 4.78 is 0. The summed E-state index contributed by atoms with van der Waals surface area (Å²) in [7, 11) is 0. The quantitative estimate of drug-likeness (QED) is 0.636. The smallest absolute Gasteiger partial charge is 0.00979 e. The van der Waals surface area contributed by atoms with Gasteiger partial charge in [-0.15, -0.1) is 0 Å². The molecule has 0 radical (unpaired) electrons. The molecule has 4 atom stereocenters. The molecule has 20 heavy (non-hydrogen) atoms. The van der Waals surface area contributed by atoms with Gasteiger partial charge in [0.2, 0.25) is 0 Å². The summed E-state index contributed by atoms with van der Waals surface area (Å²) in [6, 6.07) is 0.759. The number of hydrogen-bond donors (Lipinski definition) is 1. The van der Waals surface area contributed by atoms with Crippen LogP contribution >= 0.6 is 0 Å². The molecule has 0 heterocycles. The van der Waals surface area contributed by atoms with E-state index < -0.39 is 0 Å². The molecule has 1 rings (SSSR count). The Morgan fingerprint density at radius 3 is 2.45 bits per heavy atom. The van der Waals surface area contributed by atoms with Crippen LogP contribution in [0.5, 0.6) is 0 Å². The van der Waals surface area contributed by atoms with E-state index >= 15 is 0 Å². The van der Waals surface area contributed by atoms with Crippen LogP contribution in [0, 0.1) is 23.2 Å². The first-order chi connectivity index (χ1) is 9.31. The third-order valence-corrected chi connectivity index (χ3v) is 4.82. The highest BCUT2D eigenvalue weighted by Crippen LogP contribution is 2.34. The van der Waals surface area contributed by atoms with Gasteiger partial charge in [-0.3, -0.25) is 0 Å². The van der Waals surface area contributed by atoms with Crippen molar-refractivity contribution in [2.45, 2.75) is 92.5 Å². The minimum Gasteiger partial charge on any atom is -0.314 e. The van der Waals surface area contributed by atoms with Crippen LogP contribution in [-0.4, -0.2) is 12.6 Å². The van der Waals surface area contributed by atoms with E-state index in [1.807, 2.05) is 0 Å². The molecule has 1 fully saturated rings. The van der Waals surface area contributed by atoms with Gasteiger partial charge in [-0.2, -0.15) is 0 Å². The predicted molar refractivity (Wildman–Crippen MR) is 91.1 cm³/mol. The number of hydrogen-bond acceptors (Lipinski definition) is 1. The van der Waals surface area contributed by atoms with Gasteiger partial charge in [0, 0.05) is 6.04 Å². The standard InChI is InChI=1S/C19H39N/c1-7-11-20-18(13-16(3)14-19(4,5)6)17-10-8-9-15(2)12-17/h15-18,20H,7-14H2,1-6H3. The maximum atomic E-state index is 3.88.